The van der Waals surface area contributed by atoms with Gasteiger partial charge in [-0.05, 0) is 31.3 Å². The van der Waals surface area contributed by atoms with Crippen molar-refractivity contribution in [2.75, 3.05) is 0 Å². The van der Waals surface area contributed by atoms with Crippen LogP contribution in [-0.2, 0) is 4.43 Å². The first-order chi connectivity index (χ1) is 7.68. The van der Waals surface area contributed by atoms with Crippen LogP contribution in [0.2, 0.25) is 39.3 Å². The summed E-state index contributed by atoms with van der Waals surface area (Å²) < 4.78 is 6.27. The van der Waals surface area contributed by atoms with E-state index in [0.29, 0.717) is 0 Å². The minimum absolute atomic E-state index is 1.22. The SMILES string of the molecule is C[Si](C)(C)OC(=Cc1ccccc1)[Si](C)(C)C. The van der Waals surface area contributed by atoms with Crippen molar-refractivity contribution in [2.45, 2.75) is 39.3 Å². The predicted octanol–water partition coefficient (Wildman–Crippen LogP) is 4.76. The van der Waals surface area contributed by atoms with Crippen molar-refractivity contribution >= 4 is 22.5 Å². The average molecular weight is 265 g/mol. The fourth-order valence-electron chi connectivity index (χ4n) is 1.43. The Kier molecular flexibility index (Phi) is 4.39. The van der Waals surface area contributed by atoms with Gasteiger partial charge < -0.3 is 4.43 Å². The van der Waals surface area contributed by atoms with Crippen LogP contribution < -0.4 is 0 Å². The molecule has 3 heteroatoms. The van der Waals surface area contributed by atoms with Crippen LogP contribution in [0, 0.1) is 0 Å². The van der Waals surface area contributed by atoms with Crippen molar-refractivity contribution in [3.63, 3.8) is 0 Å². The highest BCUT2D eigenvalue weighted by atomic mass is 28.4. The molecular weight excluding hydrogens is 240 g/mol. The lowest BCUT2D eigenvalue weighted by atomic mass is 10.2. The van der Waals surface area contributed by atoms with Crippen LogP contribution in [0.1, 0.15) is 5.56 Å². The van der Waals surface area contributed by atoms with Gasteiger partial charge in [-0.3, -0.25) is 0 Å². The molecule has 1 aromatic rings. The van der Waals surface area contributed by atoms with Crippen LogP contribution in [0.15, 0.2) is 35.7 Å². The van der Waals surface area contributed by atoms with Gasteiger partial charge in [0.05, 0.1) is 5.38 Å². The first-order valence-corrected chi connectivity index (χ1v) is 13.1. The smallest absolute Gasteiger partial charge is 0.241 e. The lowest BCUT2D eigenvalue weighted by Gasteiger charge is -2.29. The van der Waals surface area contributed by atoms with Gasteiger partial charge in [0.2, 0.25) is 8.32 Å². The summed E-state index contributed by atoms with van der Waals surface area (Å²) in [5, 5.41) is 1.22. The quantitative estimate of drug-likeness (QED) is 0.563. The van der Waals surface area contributed by atoms with Gasteiger partial charge in [0, 0.05) is 0 Å². The fraction of sp³-hybridized carbons (Fsp3) is 0.429. The van der Waals surface area contributed by atoms with Crippen LogP contribution in [0.25, 0.3) is 6.08 Å². The fourth-order valence-corrected chi connectivity index (χ4v) is 4.89. The van der Waals surface area contributed by atoms with E-state index in [-0.39, 0.29) is 0 Å². The van der Waals surface area contributed by atoms with Gasteiger partial charge in [-0.15, -0.1) is 0 Å². The summed E-state index contributed by atoms with van der Waals surface area (Å²) in [5.74, 6) is 0. The molecule has 0 radical (unpaired) electrons. The molecule has 17 heavy (non-hydrogen) atoms. The third kappa shape index (κ3) is 5.37. The van der Waals surface area contributed by atoms with Crippen LogP contribution in [0.5, 0.6) is 0 Å². The highest BCUT2D eigenvalue weighted by Crippen LogP contribution is 2.23. The molecule has 94 valence electrons. The number of hydrogen-bond acceptors (Lipinski definition) is 1. The molecular formula is C14H24OSi2. The van der Waals surface area contributed by atoms with Gasteiger partial charge in [0.25, 0.3) is 0 Å². The van der Waals surface area contributed by atoms with Crippen LogP contribution in [0.4, 0.5) is 0 Å². The standard InChI is InChI=1S/C14H24OSi2/c1-16(2,3)14(15-17(4,5)6)12-13-10-8-7-9-11-13/h7-12H,1-6H3. The molecule has 1 aromatic carbocycles. The summed E-state index contributed by atoms with van der Waals surface area (Å²) in [6.07, 6.45) is 2.23. The second-order valence-corrected chi connectivity index (χ2v) is 15.8. The van der Waals surface area contributed by atoms with E-state index in [0.717, 1.165) is 0 Å². The Hall–Kier alpha value is -0.806. The maximum atomic E-state index is 6.27. The highest BCUT2D eigenvalue weighted by Gasteiger charge is 2.27. The van der Waals surface area contributed by atoms with E-state index in [1.807, 2.05) is 6.07 Å². The highest BCUT2D eigenvalue weighted by molar-refractivity contribution is 6.84. The van der Waals surface area contributed by atoms with E-state index >= 15 is 0 Å². The summed E-state index contributed by atoms with van der Waals surface area (Å²) >= 11 is 0. The Morgan fingerprint density at radius 2 is 1.47 bits per heavy atom. The topological polar surface area (TPSA) is 9.23 Å². The minimum atomic E-state index is -1.52. The van der Waals surface area contributed by atoms with E-state index < -0.39 is 16.4 Å². The molecule has 1 nitrogen and oxygen atoms in total. The molecule has 1 rings (SSSR count). The van der Waals surface area contributed by atoms with Gasteiger partial charge >= 0.3 is 0 Å². The van der Waals surface area contributed by atoms with E-state index in [1.165, 1.54) is 10.9 Å². The monoisotopic (exact) mass is 264 g/mol. The molecule has 0 aliphatic carbocycles. The molecule has 0 aliphatic rings. The van der Waals surface area contributed by atoms with Crippen molar-refractivity contribution in [2.24, 2.45) is 0 Å². The molecule has 0 bridgehead atoms. The van der Waals surface area contributed by atoms with Crippen LogP contribution in [-0.4, -0.2) is 16.4 Å². The van der Waals surface area contributed by atoms with Crippen LogP contribution in [0.3, 0.4) is 0 Å². The molecule has 0 amide bonds. The van der Waals surface area contributed by atoms with Crippen molar-refractivity contribution < 1.29 is 4.43 Å². The van der Waals surface area contributed by atoms with E-state index in [4.69, 9.17) is 4.43 Å². The van der Waals surface area contributed by atoms with Gasteiger partial charge in [0.1, 0.15) is 8.07 Å². The number of hydrogen-bond donors (Lipinski definition) is 0. The third-order valence-corrected chi connectivity index (χ3v) is 5.01. The first kappa shape index (κ1) is 14.3. The first-order valence-electron chi connectivity index (χ1n) is 6.15. The molecule has 0 heterocycles. The van der Waals surface area contributed by atoms with Crippen molar-refractivity contribution in [1.29, 1.82) is 0 Å². The largest absolute Gasteiger partial charge is 0.551 e. The Bertz CT molecular complexity index is 383. The molecule has 0 saturated heterocycles. The second kappa shape index (κ2) is 5.23. The lowest BCUT2D eigenvalue weighted by molar-refractivity contribution is 0.457. The Labute approximate surface area is 108 Å². The molecule has 0 atom stereocenters. The maximum Gasteiger partial charge on any atom is 0.241 e. The molecule has 0 unspecified atom stereocenters. The molecule has 0 saturated carbocycles. The van der Waals surface area contributed by atoms with Crippen molar-refractivity contribution in [3.8, 4) is 0 Å². The van der Waals surface area contributed by atoms with Gasteiger partial charge in [-0.1, -0.05) is 50.0 Å². The predicted molar refractivity (Wildman–Crippen MR) is 82.2 cm³/mol. The summed E-state index contributed by atoms with van der Waals surface area (Å²) in [5.41, 5.74) is 1.24. The van der Waals surface area contributed by atoms with Crippen molar-refractivity contribution in [1.82, 2.24) is 0 Å². The summed E-state index contributed by atoms with van der Waals surface area (Å²) in [6.45, 7) is 13.7. The van der Waals surface area contributed by atoms with E-state index in [1.54, 1.807) is 0 Å². The summed E-state index contributed by atoms with van der Waals surface area (Å²) in [7, 11) is -2.92. The van der Waals surface area contributed by atoms with E-state index in [9.17, 15) is 0 Å². The van der Waals surface area contributed by atoms with Gasteiger partial charge in [0.15, 0.2) is 0 Å². The average Bonchev–Trinajstić information content (AvgIpc) is 2.15. The normalized spacial score (nSPS) is 13.6. The Balaban J connectivity index is 3.04. The van der Waals surface area contributed by atoms with E-state index in [2.05, 4.69) is 69.6 Å². The minimum Gasteiger partial charge on any atom is -0.551 e. The zero-order valence-corrected chi connectivity index (χ0v) is 13.9. The molecule has 0 spiro atoms. The second-order valence-electron chi connectivity index (χ2n) is 6.38. The zero-order chi connectivity index (χ0) is 13.1. The number of benzene rings is 1. The Morgan fingerprint density at radius 3 is 1.88 bits per heavy atom. The zero-order valence-electron chi connectivity index (χ0n) is 11.9. The molecule has 0 aromatic heterocycles. The molecule has 0 aliphatic heterocycles. The third-order valence-electron chi connectivity index (χ3n) is 2.25. The summed E-state index contributed by atoms with van der Waals surface area (Å²) in [6, 6.07) is 10.5. The lowest BCUT2D eigenvalue weighted by Crippen LogP contribution is -2.34. The maximum absolute atomic E-state index is 6.27. The van der Waals surface area contributed by atoms with Gasteiger partial charge in [-0.2, -0.15) is 0 Å². The van der Waals surface area contributed by atoms with Crippen molar-refractivity contribution in [3.05, 3.63) is 41.3 Å². The molecule has 0 fully saturated rings. The van der Waals surface area contributed by atoms with Crippen LogP contribution >= 0.6 is 0 Å². The Morgan fingerprint density at radius 1 is 0.941 bits per heavy atom. The summed E-state index contributed by atoms with van der Waals surface area (Å²) in [4.78, 5) is 0. The number of rotatable bonds is 4. The van der Waals surface area contributed by atoms with Gasteiger partial charge in [-0.25, -0.2) is 0 Å². The molecule has 0 N–H and O–H groups in total.